The van der Waals surface area contributed by atoms with E-state index in [-0.39, 0.29) is 23.3 Å². The molecule has 1 aromatic carbocycles. The molecule has 0 bridgehead atoms. The normalized spacial score (nSPS) is 15.1. The van der Waals surface area contributed by atoms with Crippen LogP contribution in [0.25, 0.3) is 0 Å². The molecule has 11 heteroatoms. The Labute approximate surface area is 150 Å². The largest absolute Gasteiger partial charge is 0.467 e. The molecule has 2 heterocycles. The monoisotopic (exact) mass is 383 g/mol. The van der Waals surface area contributed by atoms with Gasteiger partial charge in [0, 0.05) is 13.1 Å². The molecule has 26 heavy (non-hydrogen) atoms. The molecule has 1 N–H and O–H groups in total. The van der Waals surface area contributed by atoms with Crippen LogP contribution < -0.4 is 14.4 Å². The summed E-state index contributed by atoms with van der Waals surface area (Å²) in [5, 5.41) is 0. The molecular formula is C15H18FN5O4S. The van der Waals surface area contributed by atoms with Gasteiger partial charge >= 0.3 is 6.01 Å². The van der Waals surface area contributed by atoms with E-state index in [9.17, 15) is 12.8 Å². The third kappa shape index (κ3) is 4.42. The molecule has 1 fully saturated rings. The first-order chi connectivity index (χ1) is 12.5. The van der Waals surface area contributed by atoms with Crippen molar-refractivity contribution >= 4 is 16.0 Å². The van der Waals surface area contributed by atoms with Gasteiger partial charge in [-0.1, -0.05) is 6.07 Å². The second-order valence-corrected chi connectivity index (χ2v) is 7.19. The van der Waals surface area contributed by atoms with Crippen molar-refractivity contribution < 1.29 is 22.3 Å². The fourth-order valence-corrected chi connectivity index (χ4v) is 3.35. The number of nitrogens with one attached hydrogen (secondary N) is 1. The molecule has 1 saturated heterocycles. The Bertz CT molecular complexity index is 874. The highest BCUT2D eigenvalue weighted by Gasteiger charge is 2.19. The van der Waals surface area contributed by atoms with Gasteiger partial charge in [-0.15, -0.1) is 0 Å². The van der Waals surface area contributed by atoms with E-state index in [4.69, 9.17) is 9.47 Å². The van der Waals surface area contributed by atoms with Crippen molar-refractivity contribution in [3.8, 4) is 6.01 Å². The van der Waals surface area contributed by atoms with Gasteiger partial charge in [0.1, 0.15) is 5.82 Å². The molecule has 0 amide bonds. The quantitative estimate of drug-likeness (QED) is 0.761. The minimum atomic E-state index is -3.90. The topological polar surface area (TPSA) is 107 Å². The lowest BCUT2D eigenvalue weighted by Gasteiger charge is -2.26. The predicted octanol–water partition coefficient (Wildman–Crippen LogP) is 0.334. The van der Waals surface area contributed by atoms with Crippen molar-refractivity contribution in [2.45, 2.75) is 11.4 Å². The number of benzene rings is 1. The van der Waals surface area contributed by atoms with Gasteiger partial charge in [-0.3, -0.25) is 0 Å². The van der Waals surface area contributed by atoms with E-state index in [0.29, 0.717) is 32.3 Å². The van der Waals surface area contributed by atoms with Crippen molar-refractivity contribution in [1.82, 2.24) is 19.7 Å². The average Bonchev–Trinajstić information content (AvgIpc) is 2.67. The second kappa shape index (κ2) is 7.89. The Morgan fingerprint density at radius 3 is 2.73 bits per heavy atom. The van der Waals surface area contributed by atoms with Crippen LogP contribution in [0.5, 0.6) is 6.01 Å². The van der Waals surface area contributed by atoms with E-state index >= 15 is 0 Å². The van der Waals surface area contributed by atoms with Gasteiger partial charge in [-0.25, -0.2) is 17.5 Å². The van der Waals surface area contributed by atoms with Crippen LogP contribution in [0, 0.1) is 5.82 Å². The van der Waals surface area contributed by atoms with E-state index in [1.165, 1.54) is 25.3 Å². The summed E-state index contributed by atoms with van der Waals surface area (Å²) < 4.78 is 50.6. The number of sulfonamides is 1. The van der Waals surface area contributed by atoms with E-state index in [2.05, 4.69) is 19.7 Å². The number of nitrogens with zero attached hydrogens (tertiary/aromatic N) is 4. The SMILES string of the molecule is COc1nc(CNS(=O)(=O)c2cccc(F)c2)nc(N2CCOCC2)n1. The molecule has 0 aliphatic carbocycles. The van der Waals surface area contributed by atoms with Crippen LogP contribution in [0.3, 0.4) is 0 Å². The lowest BCUT2D eigenvalue weighted by Crippen LogP contribution is -2.37. The zero-order valence-corrected chi connectivity index (χ0v) is 14.9. The average molecular weight is 383 g/mol. The maximum Gasteiger partial charge on any atom is 0.321 e. The van der Waals surface area contributed by atoms with Gasteiger partial charge in [0.2, 0.25) is 16.0 Å². The maximum absolute atomic E-state index is 13.3. The minimum absolute atomic E-state index is 0.0847. The van der Waals surface area contributed by atoms with Crippen LogP contribution in [0.2, 0.25) is 0 Å². The van der Waals surface area contributed by atoms with Crippen LogP contribution in [-0.2, 0) is 21.3 Å². The third-order valence-corrected chi connectivity index (χ3v) is 5.05. The maximum atomic E-state index is 13.3. The summed E-state index contributed by atoms with van der Waals surface area (Å²) >= 11 is 0. The van der Waals surface area contributed by atoms with Crippen molar-refractivity contribution in [1.29, 1.82) is 0 Å². The summed E-state index contributed by atoms with van der Waals surface area (Å²) in [6.45, 7) is 2.14. The Morgan fingerprint density at radius 2 is 2.04 bits per heavy atom. The van der Waals surface area contributed by atoms with Gasteiger partial charge in [-0.05, 0) is 18.2 Å². The number of hydrogen-bond acceptors (Lipinski definition) is 8. The van der Waals surface area contributed by atoms with Gasteiger partial charge in [0.25, 0.3) is 0 Å². The zero-order valence-electron chi connectivity index (χ0n) is 14.1. The van der Waals surface area contributed by atoms with Crippen molar-refractivity contribution in [3.63, 3.8) is 0 Å². The fraction of sp³-hybridized carbons (Fsp3) is 0.400. The standard InChI is InChI=1S/C15H18FN5O4S/c1-24-15-19-13(18-14(20-15)21-5-7-25-8-6-21)10-17-26(22,23)12-4-2-3-11(16)9-12/h2-4,9,17H,5-8,10H2,1H3. The highest BCUT2D eigenvalue weighted by Crippen LogP contribution is 2.15. The molecule has 1 aliphatic heterocycles. The smallest absolute Gasteiger partial charge is 0.321 e. The Morgan fingerprint density at radius 1 is 1.27 bits per heavy atom. The predicted molar refractivity (Wildman–Crippen MR) is 89.8 cm³/mol. The summed E-state index contributed by atoms with van der Waals surface area (Å²) in [5.41, 5.74) is 0. The van der Waals surface area contributed by atoms with E-state index in [0.717, 1.165) is 6.07 Å². The Balaban J connectivity index is 1.78. The number of halogens is 1. The van der Waals surface area contributed by atoms with Crippen LogP contribution >= 0.6 is 0 Å². The van der Waals surface area contributed by atoms with E-state index in [1.54, 1.807) is 0 Å². The molecule has 0 saturated carbocycles. The third-order valence-electron chi connectivity index (χ3n) is 3.65. The summed E-state index contributed by atoms with van der Waals surface area (Å²) in [5.74, 6) is -0.0530. The first-order valence-electron chi connectivity index (χ1n) is 7.85. The first-order valence-corrected chi connectivity index (χ1v) is 9.33. The van der Waals surface area contributed by atoms with E-state index < -0.39 is 15.8 Å². The Hall–Kier alpha value is -2.37. The molecule has 0 unspecified atom stereocenters. The van der Waals surface area contributed by atoms with Crippen LogP contribution in [-0.4, -0.2) is 56.8 Å². The minimum Gasteiger partial charge on any atom is -0.467 e. The lowest BCUT2D eigenvalue weighted by atomic mass is 10.4. The zero-order chi connectivity index (χ0) is 18.6. The molecule has 3 rings (SSSR count). The highest BCUT2D eigenvalue weighted by molar-refractivity contribution is 7.89. The van der Waals surface area contributed by atoms with Crippen LogP contribution in [0.15, 0.2) is 29.2 Å². The number of hydrogen-bond donors (Lipinski definition) is 1. The number of morpholine rings is 1. The number of ether oxygens (including phenoxy) is 2. The van der Waals surface area contributed by atoms with Gasteiger partial charge in [0.05, 0.1) is 31.8 Å². The molecule has 1 aromatic heterocycles. The fourth-order valence-electron chi connectivity index (χ4n) is 2.34. The molecule has 0 spiro atoms. The number of aromatic nitrogens is 3. The number of anilines is 1. The number of rotatable bonds is 6. The number of methoxy groups -OCH3 is 1. The molecule has 0 atom stereocenters. The van der Waals surface area contributed by atoms with Crippen LogP contribution in [0.1, 0.15) is 5.82 Å². The Kier molecular flexibility index (Phi) is 5.59. The molecule has 1 aliphatic rings. The molecular weight excluding hydrogens is 365 g/mol. The summed E-state index contributed by atoms with van der Waals surface area (Å²) in [7, 11) is -2.49. The molecule has 2 aromatic rings. The van der Waals surface area contributed by atoms with Gasteiger partial charge in [0.15, 0.2) is 5.82 Å². The highest BCUT2D eigenvalue weighted by atomic mass is 32.2. The summed E-state index contributed by atoms with van der Waals surface area (Å²) in [6.07, 6.45) is 0. The van der Waals surface area contributed by atoms with Crippen molar-refractivity contribution in [3.05, 3.63) is 35.9 Å². The van der Waals surface area contributed by atoms with Gasteiger partial charge in [-0.2, -0.15) is 15.0 Å². The molecule has 9 nitrogen and oxygen atoms in total. The lowest BCUT2D eigenvalue weighted by molar-refractivity contribution is 0.122. The molecule has 140 valence electrons. The summed E-state index contributed by atoms with van der Waals surface area (Å²) in [6, 6.07) is 4.83. The van der Waals surface area contributed by atoms with E-state index in [1.807, 2.05) is 4.90 Å². The van der Waals surface area contributed by atoms with Crippen molar-refractivity contribution in [2.24, 2.45) is 0 Å². The summed E-state index contributed by atoms with van der Waals surface area (Å²) in [4.78, 5) is 14.3. The van der Waals surface area contributed by atoms with Crippen LogP contribution in [0.4, 0.5) is 10.3 Å². The first kappa shape index (κ1) is 18.4. The van der Waals surface area contributed by atoms with Gasteiger partial charge < -0.3 is 14.4 Å². The molecule has 0 radical (unpaired) electrons. The second-order valence-electron chi connectivity index (χ2n) is 5.42. The van der Waals surface area contributed by atoms with Crippen molar-refractivity contribution in [2.75, 3.05) is 38.3 Å².